The van der Waals surface area contributed by atoms with Crippen molar-refractivity contribution in [3.05, 3.63) is 12.1 Å². The van der Waals surface area contributed by atoms with E-state index in [1.54, 1.807) is 0 Å². The molecule has 0 aromatic heterocycles. The van der Waals surface area contributed by atoms with Gasteiger partial charge in [0.25, 0.3) is 0 Å². The Hall–Kier alpha value is -0.570. The van der Waals surface area contributed by atoms with E-state index in [0.29, 0.717) is 0 Å². The van der Waals surface area contributed by atoms with Crippen molar-refractivity contribution in [2.45, 2.75) is 0 Å². The van der Waals surface area contributed by atoms with Gasteiger partial charge in [-0.25, -0.2) is 0 Å². The molecule has 0 radical (unpaired) electrons. The molecule has 0 spiro atoms. The van der Waals surface area contributed by atoms with Crippen LogP contribution in [-0.4, -0.2) is 5.11 Å². The summed E-state index contributed by atoms with van der Waals surface area (Å²) in [4.78, 5) is 0. The molecule has 4 heteroatoms. The molecule has 0 rings (SSSR count). The molecule has 0 unspecified atom stereocenters. The molecule has 0 amide bonds. The molecule has 0 saturated heterocycles. The number of hydrogen-bond acceptors (Lipinski definition) is 3. The Kier molecular flexibility index (Phi) is 2.40. The Balaban J connectivity index is 3.22. The molecule has 0 aliphatic carbocycles. The predicted octanol–water partition coefficient (Wildman–Crippen LogP) is 0.472. The van der Waals surface area contributed by atoms with E-state index in [2.05, 4.69) is 21.9 Å². The summed E-state index contributed by atoms with van der Waals surface area (Å²) in [7, 11) is 0. The standard InChI is InChI=1S/C2H4ClNO2/c3-6-2(5)1-4/h1,5H,4H2/b2-1-. The van der Waals surface area contributed by atoms with Gasteiger partial charge in [0.15, 0.2) is 0 Å². The second-order valence-corrected chi connectivity index (χ2v) is 0.736. The zero-order chi connectivity index (χ0) is 4.99. The fourth-order valence-corrected chi connectivity index (χ4v) is 0.0772. The van der Waals surface area contributed by atoms with E-state index in [-0.39, 0.29) is 0 Å². The second-order valence-electron chi connectivity index (χ2n) is 0.582. The first-order chi connectivity index (χ1) is 2.81. The molecule has 0 saturated carbocycles. The average molecular weight is 110 g/mol. The Morgan fingerprint density at radius 1 is 2.00 bits per heavy atom. The third-order valence-corrected chi connectivity index (χ3v) is 0.380. The highest BCUT2D eigenvalue weighted by Gasteiger charge is 1.80. The highest BCUT2D eigenvalue weighted by molar-refractivity contribution is 6.07. The normalized spacial score (nSPS) is 11.2. The van der Waals surface area contributed by atoms with Gasteiger partial charge in [0, 0.05) is 0 Å². The fourth-order valence-electron chi connectivity index (χ4n) is 0.0257. The Labute approximate surface area is 40.1 Å². The zero-order valence-corrected chi connectivity index (χ0v) is 3.64. The molecule has 3 nitrogen and oxygen atoms in total. The lowest BCUT2D eigenvalue weighted by molar-refractivity contribution is 0.222. The van der Waals surface area contributed by atoms with E-state index in [1.807, 2.05) is 0 Å². The summed E-state index contributed by atoms with van der Waals surface area (Å²) in [5, 5.41) is 8.05. The molecule has 0 aromatic carbocycles. The molecule has 0 heterocycles. The third kappa shape index (κ3) is 1.72. The van der Waals surface area contributed by atoms with Crippen LogP contribution in [0.2, 0.25) is 0 Å². The van der Waals surface area contributed by atoms with Crippen LogP contribution in [-0.2, 0) is 4.29 Å². The summed E-state index contributed by atoms with van der Waals surface area (Å²) >= 11 is 4.55. The van der Waals surface area contributed by atoms with Crippen LogP contribution in [0.15, 0.2) is 12.1 Å². The maximum Gasteiger partial charge on any atom is 0.312 e. The lowest BCUT2D eigenvalue weighted by Gasteiger charge is -1.84. The number of nitrogens with two attached hydrogens (primary N) is 1. The largest absolute Gasteiger partial charge is 0.479 e. The predicted molar refractivity (Wildman–Crippen MR) is 21.8 cm³/mol. The summed E-state index contributed by atoms with van der Waals surface area (Å²) in [5.74, 6) is -0.489. The summed E-state index contributed by atoms with van der Waals surface area (Å²) in [6.45, 7) is 0. The minimum absolute atomic E-state index is 0.489. The van der Waals surface area contributed by atoms with Crippen LogP contribution in [0.4, 0.5) is 0 Å². The number of halogens is 1. The number of rotatable bonds is 1. The van der Waals surface area contributed by atoms with Gasteiger partial charge in [-0.3, -0.25) is 0 Å². The first-order valence-corrected chi connectivity index (χ1v) is 1.51. The number of aliphatic hydroxyl groups excluding tert-OH is 1. The lowest BCUT2D eigenvalue weighted by atomic mass is 10.9. The first-order valence-electron chi connectivity index (χ1n) is 1.20. The van der Waals surface area contributed by atoms with Crippen LogP contribution >= 0.6 is 11.9 Å². The highest BCUT2D eigenvalue weighted by Crippen LogP contribution is 1.88. The average Bonchev–Trinajstić information content (AvgIpc) is 1.65. The van der Waals surface area contributed by atoms with Crippen LogP contribution in [0, 0.1) is 0 Å². The maximum atomic E-state index is 8.05. The van der Waals surface area contributed by atoms with E-state index in [4.69, 9.17) is 5.11 Å². The number of hydrogen-bond donors (Lipinski definition) is 2. The summed E-state index contributed by atoms with van der Waals surface area (Å²) in [6, 6.07) is 0. The van der Waals surface area contributed by atoms with E-state index in [1.165, 1.54) is 0 Å². The SMILES string of the molecule is N/C=C(/O)OCl. The van der Waals surface area contributed by atoms with Crippen LogP contribution in [0.3, 0.4) is 0 Å². The molecular weight excluding hydrogens is 105 g/mol. The fraction of sp³-hybridized carbons (Fsp3) is 0. The zero-order valence-electron chi connectivity index (χ0n) is 2.89. The van der Waals surface area contributed by atoms with E-state index < -0.39 is 5.95 Å². The van der Waals surface area contributed by atoms with Crippen LogP contribution in [0.5, 0.6) is 0 Å². The molecule has 3 N–H and O–H groups in total. The van der Waals surface area contributed by atoms with Crippen molar-refractivity contribution in [1.82, 2.24) is 0 Å². The van der Waals surface area contributed by atoms with Crippen molar-refractivity contribution in [2.75, 3.05) is 0 Å². The van der Waals surface area contributed by atoms with Gasteiger partial charge in [0.1, 0.15) is 11.9 Å². The second kappa shape index (κ2) is 2.66. The van der Waals surface area contributed by atoms with Gasteiger partial charge in [-0.1, -0.05) is 0 Å². The quantitative estimate of drug-likeness (QED) is 0.482. The Bertz CT molecular complexity index is 62.6. The lowest BCUT2D eigenvalue weighted by Crippen LogP contribution is -1.84. The molecule has 0 aromatic rings. The van der Waals surface area contributed by atoms with Gasteiger partial charge >= 0.3 is 5.95 Å². The topological polar surface area (TPSA) is 55.5 Å². The van der Waals surface area contributed by atoms with Crippen molar-refractivity contribution in [3.8, 4) is 0 Å². The Morgan fingerprint density at radius 3 is 2.50 bits per heavy atom. The van der Waals surface area contributed by atoms with Gasteiger partial charge < -0.3 is 15.1 Å². The van der Waals surface area contributed by atoms with E-state index in [9.17, 15) is 0 Å². The summed E-state index contributed by atoms with van der Waals surface area (Å²) in [6.07, 6.45) is 0.840. The molecule has 6 heavy (non-hydrogen) atoms. The number of aliphatic hydroxyl groups is 1. The summed E-state index contributed by atoms with van der Waals surface area (Å²) < 4.78 is 3.66. The van der Waals surface area contributed by atoms with Crippen LogP contribution < -0.4 is 5.73 Å². The molecule has 0 aliphatic heterocycles. The molecule has 0 fully saturated rings. The maximum absolute atomic E-state index is 8.05. The first kappa shape index (κ1) is 5.43. The van der Waals surface area contributed by atoms with Crippen molar-refractivity contribution in [3.63, 3.8) is 0 Å². The van der Waals surface area contributed by atoms with E-state index in [0.717, 1.165) is 6.20 Å². The van der Waals surface area contributed by atoms with Gasteiger partial charge in [-0.2, -0.15) is 0 Å². The monoisotopic (exact) mass is 109 g/mol. The minimum Gasteiger partial charge on any atom is -0.479 e. The summed E-state index contributed by atoms with van der Waals surface area (Å²) in [5.41, 5.74) is 4.66. The molecule has 0 bridgehead atoms. The van der Waals surface area contributed by atoms with Crippen molar-refractivity contribution in [1.29, 1.82) is 0 Å². The van der Waals surface area contributed by atoms with Crippen molar-refractivity contribution in [2.24, 2.45) is 5.73 Å². The van der Waals surface area contributed by atoms with Gasteiger partial charge in [-0.05, 0) is 0 Å². The van der Waals surface area contributed by atoms with Gasteiger partial charge in [0.05, 0.1) is 6.20 Å². The minimum atomic E-state index is -0.489. The van der Waals surface area contributed by atoms with Crippen LogP contribution in [0.25, 0.3) is 0 Å². The van der Waals surface area contributed by atoms with Gasteiger partial charge in [0.2, 0.25) is 0 Å². The Morgan fingerprint density at radius 2 is 2.50 bits per heavy atom. The van der Waals surface area contributed by atoms with Crippen molar-refractivity contribution >= 4 is 11.9 Å². The van der Waals surface area contributed by atoms with Crippen molar-refractivity contribution < 1.29 is 9.40 Å². The molecule has 0 aliphatic rings. The molecule has 0 atom stereocenters. The van der Waals surface area contributed by atoms with E-state index >= 15 is 0 Å². The third-order valence-electron chi connectivity index (χ3n) is 0.222. The highest BCUT2D eigenvalue weighted by atomic mass is 35.5. The van der Waals surface area contributed by atoms with Gasteiger partial charge in [-0.15, -0.1) is 0 Å². The molecular formula is C2H4ClNO2. The van der Waals surface area contributed by atoms with Crippen LogP contribution in [0.1, 0.15) is 0 Å². The smallest absolute Gasteiger partial charge is 0.312 e. The molecule has 36 valence electrons.